The molecule has 0 radical (unpaired) electrons. The first-order valence-corrected chi connectivity index (χ1v) is 15.1. The number of rotatable bonds is 15. The van der Waals surface area contributed by atoms with Gasteiger partial charge in [0.25, 0.3) is 5.56 Å². The Morgan fingerprint density at radius 1 is 1.08 bits per heavy atom. The predicted molar refractivity (Wildman–Crippen MR) is 122 cm³/mol. The predicted octanol–water partition coefficient (Wildman–Crippen LogP) is -0.541. The molecule has 21 heteroatoms. The van der Waals surface area contributed by atoms with E-state index in [1.807, 2.05) is 0 Å². The Kier molecular flexibility index (Phi) is 11.2. The molecule has 0 bridgehead atoms. The van der Waals surface area contributed by atoms with Gasteiger partial charge in [-0.25, -0.2) is 18.5 Å². The number of phosphoric acid groups is 3. The zero-order valence-electron chi connectivity index (χ0n) is 18.7. The summed E-state index contributed by atoms with van der Waals surface area (Å²) >= 11 is 0. The largest absolute Gasteiger partial charge is 0.490 e. The number of phosphoric ester groups is 1. The summed E-state index contributed by atoms with van der Waals surface area (Å²) in [7, 11) is -16.7. The highest BCUT2D eigenvalue weighted by molar-refractivity contribution is 7.66. The lowest BCUT2D eigenvalue weighted by molar-refractivity contribution is -0.0449. The van der Waals surface area contributed by atoms with Gasteiger partial charge in [-0.15, -0.1) is 0 Å². The zero-order chi connectivity index (χ0) is 27.1. The SMILES string of the molecule is NCCCCCCNc1cn([C@H]2C[C@H](O)[C@@H](COP(=O)(O)OP(=O)(O)OP(=O)(O)O)O2)c(=O)[nH]c1=O. The summed E-state index contributed by atoms with van der Waals surface area (Å²) in [5.74, 6) is 0. The van der Waals surface area contributed by atoms with E-state index in [1.165, 1.54) is 6.20 Å². The standard InChI is InChI=1S/C15H29N4O14P3/c16-5-3-1-2-4-6-17-10-8-19(15(22)18-14(10)21)13-7-11(20)12(31-13)9-30-35(26,27)33-36(28,29)32-34(23,24)25/h8,11-13,17,20H,1-7,9,16H2,(H,26,27)(H,28,29)(H,18,21,22)(H2,23,24,25)/t11-,12+,13+/m0/s1. The van der Waals surface area contributed by atoms with E-state index in [9.17, 15) is 33.3 Å². The molecule has 2 unspecified atom stereocenters. The fraction of sp³-hybridized carbons (Fsp3) is 0.733. The van der Waals surface area contributed by atoms with Crippen molar-refractivity contribution in [2.24, 2.45) is 5.73 Å². The topological polar surface area (TPSA) is 282 Å². The third kappa shape index (κ3) is 10.3. The first-order chi connectivity index (χ1) is 16.6. The fourth-order valence-electron chi connectivity index (χ4n) is 3.18. The molecule has 18 nitrogen and oxygen atoms in total. The summed E-state index contributed by atoms with van der Waals surface area (Å²) in [6.07, 6.45) is 0.649. The molecule has 1 aliphatic heterocycles. The molecule has 1 aromatic heterocycles. The molecule has 1 aromatic rings. The van der Waals surface area contributed by atoms with Gasteiger partial charge in [-0.1, -0.05) is 12.8 Å². The lowest BCUT2D eigenvalue weighted by Gasteiger charge is -2.19. The summed E-state index contributed by atoms with van der Waals surface area (Å²) in [5, 5.41) is 13.1. The van der Waals surface area contributed by atoms with Crippen LogP contribution in [0.15, 0.2) is 15.8 Å². The van der Waals surface area contributed by atoms with Crippen molar-refractivity contribution >= 4 is 29.2 Å². The van der Waals surface area contributed by atoms with Crippen LogP contribution in [0.25, 0.3) is 0 Å². The third-order valence-corrected chi connectivity index (χ3v) is 8.55. The number of nitrogens with one attached hydrogen (secondary N) is 2. The highest BCUT2D eigenvalue weighted by atomic mass is 31.3. The maximum Gasteiger partial charge on any atom is 0.490 e. The van der Waals surface area contributed by atoms with Gasteiger partial charge >= 0.3 is 29.2 Å². The molecule has 9 N–H and O–H groups in total. The van der Waals surface area contributed by atoms with Crippen molar-refractivity contribution in [2.75, 3.05) is 25.0 Å². The van der Waals surface area contributed by atoms with Crippen LogP contribution in [0.5, 0.6) is 0 Å². The van der Waals surface area contributed by atoms with Gasteiger partial charge in [0.2, 0.25) is 0 Å². The Morgan fingerprint density at radius 2 is 1.75 bits per heavy atom. The molecule has 0 aliphatic carbocycles. The van der Waals surface area contributed by atoms with Crippen LogP contribution in [0.3, 0.4) is 0 Å². The van der Waals surface area contributed by atoms with Crippen LogP contribution in [0, 0.1) is 0 Å². The first-order valence-electron chi connectivity index (χ1n) is 10.5. The van der Waals surface area contributed by atoms with E-state index < -0.39 is 59.8 Å². The highest BCUT2D eigenvalue weighted by Gasteiger charge is 2.43. The molecule has 0 spiro atoms. The van der Waals surface area contributed by atoms with Gasteiger partial charge in [-0.3, -0.25) is 18.9 Å². The van der Waals surface area contributed by atoms with Gasteiger partial charge < -0.3 is 40.5 Å². The van der Waals surface area contributed by atoms with Crippen molar-refractivity contribution in [1.29, 1.82) is 0 Å². The fourth-order valence-corrected chi connectivity index (χ4v) is 6.21. The maximum absolute atomic E-state index is 12.3. The van der Waals surface area contributed by atoms with Crippen LogP contribution >= 0.6 is 23.5 Å². The Labute approximate surface area is 203 Å². The second-order valence-corrected chi connectivity index (χ2v) is 12.1. The van der Waals surface area contributed by atoms with Crippen molar-refractivity contribution in [3.05, 3.63) is 27.0 Å². The van der Waals surface area contributed by atoms with Gasteiger partial charge in [-0.2, -0.15) is 8.62 Å². The molecule has 36 heavy (non-hydrogen) atoms. The van der Waals surface area contributed by atoms with Crippen LogP contribution in [-0.4, -0.2) is 66.1 Å². The van der Waals surface area contributed by atoms with E-state index in [-0.39, 0.29) is 12.1 Å². The molecule has 0 aromatic carbocycles. The molecule has 1 aliphatic rings. The summed E-state index contributed by atoms with van der Waals surface area (Å²) in [6, 6.07) is 0. The number of aliphatic hydroxyl groups excluding tert-OH is 1. The monoisotopic (exact) mass is 582 g/mol. The molecule has 1 fully saturated rings. The van der Waals surface area contributed by atoms with Crippen molar-refractivity contribution in [2.45, 2.75) is 50.5 Å². The second-order valence-electron chi connectivity index (χ2n) is 7.66. The number of anilines is 1. The average Bonchev–Trinajstić information content (AvgIpc) is 3.08. The molecule has 2 heterocycles. The van der Waals surface area contributed by atoms with Crippen molar-refractivity contribution < 1.29 is 56.3 Å². The molecular weight excluding hydrogens is 553 g/mol. The molecule has 5 atom stereocenters. The molecule has 0 saturated carbocycles. The van der Waals surface area contributed by atoms with E-state index in [0.29, 0.717) is 13.1 Å². The van der Waals surface area contributed by atoms with Gasteiger partial charge in [-0.05, 0) is 19.4 Å². The van der Waals surface area contributed by atoms with Gasteiger partial charge in [0.1, 0.15) is 18.0 Å². The van der Waals surface area contributed by atoms with Crippen LogP contribution in [0.4, 0.5) is 5.69 Å². The average molecular weight is 582 g/mol. The Morgan fingerprint density at radius 3 is 2.39 bits per heavy atom. The molecule has 208 valence electrons. The van der Waals surface area contributed by atoms with Crippen molar-refractivity contribution in [1.82, 2.24) is 9.55 Å². The number of nitrogens with two attached hydrogens (primary N) is 1. The maximum atomic E-state index is 12.3. The summed E-state index contributed by atoms with van der Waals surface area (Å²) in [6.45, 7) is 0.142. The number of aromatic nitrogens is 2. The molecule has 0 amide bonds. The smallest absolute Gasteiger partial charge is 0.390 e. The molecule has 2 rings (SSSR count). The lowest BCUT2D eigenvalue weighted by atomic mass is 10.2. The number of hydrogen-bond acceptors (Lipinski definition) is 12. The minimum absolute atomic E-state index is 0.0724. The van der Waals surface area contributed by atoms with Crippen molar-refractivity contribution in [3.63, 3.8) is 0 Å². The summed E-state index contributed by atoms with van der Waals surface area (Å²) in [5.41, 5.74) is 3.99. The number of unbranched alkanes of at least 4 members (excludes halogenated alkanes) is 3. The lowest BCUT2D eigenvalue weighted by Crippen LogP contribution is -2.34. The zero-order valence-corrected chi connectivity index (χ0v) is 21.4. The van der Waals surface area contributed by atoms with E-state index >= 15 is 0 Å². The van der Waals surface area contributed by atoms with Gasteiger partial charge in [0.15, 0.2) is 0 Å². The number of aromatic amines is 1. The quantitative estimate of drug-likeness (QED) is 0.0951. The van der Waals surface area contributed by atoms with Crippen LogP contribution in [0.2, 0.25) is 0 Å². The third-order valence-electron chi connectivity index (χ3n) is 4.75. The first kappa shape index (κ1) is 31.0. The number of hydrogen-bond donors (Lipinski definition) is 8. The van der Waals surface area contributed by atoms with Crippen LogP contribution in [0.1, 0.15) is 38.3 Å². The minimum Gasteiger partial charge on any atom is -0.390 e. The Bertz CT molecular complexity index is 1140. The highest BCUT2D eigenvalue weighted by Crippen LogP contribution is 2.66. The molecule has 1 saturated heterocycles. The number of H-pyrrole nitrogens is 1. The minimum atomic E-state index is -5.70. The number of nitrogens with zero attached hydrogens (tertiary/aromatic N) is 1. The van der Waals surface area contributed by atoms with Crippen LogP contribution < -0.4 is 22.3 Å². The second kappa shape index (κ2) is 13.0. The van der Waals surface area contributed by atoms with E-state index in [4.69, 9.17) is 25.2 Å². The van der Waals surface area contributed by atoms with Gasteiger partial charge in [0.05, 0.1) is 12.7 Å². The van der Waals surface area contributed by atoms with E-state index in [0.717, 1.165) is 30.3 Å². The van der Waals surface area contributed by atoms with Crippen molar-refractivity contribution in [3.8, 4) is 0 Å². The Balaban J connectivity index is 1.99. The Hall–Kier alpha value is -1.23. The molecular formula is C15H29N4O14P3. The van der Waals surface area contributed by atoms with Crippen LogP contribution in [-0.2, 0) is 31.6 Å². The number of aliphatic hydroxyl groups is 1. The van der Waals surface area contributed by atoms with Gasteiger partial charge in [0, 0.05) is 19.2 Å². The number of ether oxygens (including phenoxy) is 1. The normalized spacial score (nSPS) is 23.8. The van der Waals surface area contributed by atoms with E-state index in [2.05, 4.69) is 23.4 Å². The summed E-state index contributed by atoms with van der Waals surface area (Å²) in [4.78, 5) is 62.2. The summed E-state index contributed by atoms with van der Waals surface area (Å²) < 4.78 is 52.0. The van der Waals surface area contributed by atoms with E-state index in [1.54, 1.807) is 0 Å².